The van der Waals surface area contributed by atoms with E-state index in [0.29, 0.717) is 17.0 Å². The Bertz CT molecular complexity index is 768. The van der Waals surface area contributed by atoms with E-state index in [2.05, 4.69) is 31.5 Å². The van der Waals surface area contributed by atoms with E-state index in [0.717, 1.165) is 37.2 Å². The number of likely N-dealkylation sites (tertiary alicyclic amines) is 1. The van der Waals surface area contributed by atoms with Crippen molar-refractivity contribution < 1.29 is 14.0 Å². The van der Waals surface area contributed by atoms with Crippen LogP contribution >= 0.6 is 15.9 Å². The van der Waals surface area contributed by atoms with Crippen LogP contribution in [0.1, 0.15) is 29.0 Å². The van der Waals surface area contributed by atoms with Crippen LogP contribution < -0.4 is 10.6 Å². The number of piperidine rings is 1. The van der Waals surface area contributed by atoms with Gasteiger partial charge in [-0.05, 0) is 53.9 Å². The van der Waals surface area contributed by atoms with Crippen molar-refractivity contribution in [3.8, 4) is 0 Å². The molecule has 2 amide bonds. The number of nitrogens with zero attached hydrogens (tertiary/aromatic N) is 1. The van der Waals surface area contributed by atoms with Crippen molar-refractivity contribution in [3.63, 3.8) is 0 Å². The van der Waals surface area contributed by atoms with Gasteiger partial charge in [0.15, 0.2) is 10.4 Å². The molecule has 7 heteroatoms. The lowest BCUT2D eigenvalue weighted by Gasteiger charge is -2.31. The molecular formula is C19H22BrN3O3. The summed E-state index contributed by atoms with van der Waals surface area (Å²) in [7, 11) is 0. The van der Waals surface area contributed by atoms with Gasteiger partial charge >= 0.3 is 0 Å². The first-order chi connectivity index (χ1) is 12.5. The zero-order valence-corrected chi connectivity index (χ0v) is 16.2. The number of hydrogen-bond donors (Lipinski definition) is 2. The quantitative estimate of drug-likeness (QED) is 0.780. The second-order valence-corrected chi connectivity index (χ2v) is 7.28. The van der Waals surface area contributed by atoms with Gasteiger partial charge in [0.1, 0.15) is 0 Å². The molecule has 6 nitrogen and oxygen atoms in total. The molecular weight excluding hydrogens is 398 g/mol. The van der Waals surface area contributed by atoms with Gasteiger partial charge in [0, 0.05) is 30.4 Å². The lowest BCUT2D eigenvalue weighted by atomic mass is 10.0. The molecule has 0 atom stereocenters. The number of anilines is 1. The zero-order chi connectivity index (χ0) is 18.5. The standard InChI is InChI=1S/C19H22BrN3O3/c1-13-11-16(20)26-18(13)19(25)22-15-7-9-23(10-8-15)12-17(24)21-14-5-3-2-4-6-14/h2-6,11,15H,7-10,12H2,1H3,(H,21,24)(H,22,25). The van der Waals surface area contributed by atoms with Crippen molar-refractivity contribution >= 4 is 33.4 Å². The number of rotatable bonds is 5. The number of furan rings is 1. The average Bonchev–Trinajstić information content (AvgIpc) is 2.96. The minimum Gasteiger partial charge on any atom is -0.444 e. The van der Waals surface area contributed by atoms with E-state index in [9.17, 15) is 9.59 Å². The molecule has 138 valence electrons. The predicted molar refractivity (Wildman–Crippen MR) is 103 cm³/mol. The summed E-state index contributed by atoms with van der Waals surface area (Å²) < 4.78 is 5.94. The molecule has 2 N–H and O–H groups in total. The Kier molecular flexibility index (Phi) is 6.11. The lowest BCUT2D eigenvalue weighted by molar-refractivity contribution is -0.117. The van der Waals surface area contributed by atoms with E-state index in [1.165, 1.54) is 0 Å². The number of benzene rings is 1. The number of amides is 2. The highest BCUT2D eigenvalue weighted by atomic mass is 79.9. The third-order valence-electron chi connectivity index (χ3n) is 4.44. The van der Waals surface area contributed by atoms with Crippen molar-refractivity contribution in [1.29, 1.82) is 0 Å². The summed E-state index contributed by atoms with van der Waals surface area (Å²) in [5.41, 5.74) is 1.61. The summed E-state index contributed by atoms with van der Waals surface area (Å²) in [5, 5.41) is 5.92. The number of hydrogen-bond acceptors (Lipinski definition) is 4. The Morgan fingerprint density at radius 1 is 1.23 bits per heavy atom. The summed E-state index contributed by atoms with van der Waals surface area (Å²) in [6, 6.07) is 11.3. The van der Waals surface area contributed by atoms with Crippen LogP contribution in [-0.2, 0) is 4.79 Å². The maximum Gasteiger partial charge on any atom is 0.287 e. The van der Waals surface area contributed by atoms with Crippen LogP contribution in [0.4, 0.5) is 5.69 Å². The molecule has 0 unspecified atom stereocenters. The van der Waals surface area contributed by atoms with Gasteiger partial charge in [-0.15, -0.1) is 0 Å². The molecule has 3 rings (SSSR count). The van der Waals surface area contributed by atoms with Crippen molar-refractivity contribution in [1.82, 2.24) is 10.2 Å². The van der Waals surface area contributed by atoms with Crippen molar-refractivity contribution in [2.24, 2.45) is 0 Å². The van der Waals surface area contributed by atoms with E-state index in [4.69, 9.17) is 4.42 Å². The fraction of sp³-hybridized carbons (Fsp3) is 0.368. The summed E-state index contributed by atoms with van der Waals surface area (Å²) >= 11 is 3.24. The molecule has 26 heavy (non-hydrogen) atoms. The fourth-order valence-corrected chi connectivity index (χ4v) is 3.59. The van der Waals surface area contributed by atoms with Crippen molar-refractivity contribution in [2.45, 2.75) is 25.8 Å². The minimum atomic E-state index is -0.187. The number of nitrogens with one attached hydrogen (secondary N) is 2. The van der Waals surface area contributed by atoms with Gasteiger partial charge in [-0.1, -0.05) is 18.2 Å². The number of para-hydroxylation sites is 1. The lowest BCUT2D eigenvalue weighted by Crippen LogP contribution is -2.46. The molecule has 0 saturated carbocycles. The number of aryl methyl sites for hydroxylation is 1. The van der Waals surface area contributed by atoms with Crippen LogP contribution in [0.25, 0.3) is 0 Å². The molecule has 1 aliphatic heterocycles. The van der Waals surface area contributed by atoms with Crippen LogP contribution in [0, 0.1) is 6.92 Å². The first-order valence-electron chi connectivity index (χ1n) is 8.65. The largest absolute Gasteiger partial charge is 0.444 e. The van der Waals surface area contributed by atoms with E-state index in [1.54, 1.807) is 6.07 Å². The highest BCUT2D eigenvalue weighted by Gasteiger charge is 2.24. The van der Waals surface area contributed by atoms with Gasteiger partial charge in [-0.2, -0.15) is 0 Å². The Labute approximate surface area is 161 Å². The molecule has 1 aromatic carbocycles. The van der Waals surface area contributed by atoms with Gasteiger partial charge in [-0.3, -0.25) is 14.5 Å². The minimum absolute atomic E-state index is 0.0188. The SMILES string of the molecule is Cc1cc(Br)oc1C(=O)NC1CCN(CC(=O)Nc2ccccc2)CC1. The summed E-state index contributed by atoms with van der Waals surface area (Å²) in [5.74, 6) is 0.143. The third kappa shape index (κ3) is 4.95. The second-order valence-electron chi connectivity index (χ2n) is 6.50. The van der Waals surface area contributed by atoms with Gasteiger partial charge in [0.2, 0.25) is 5.91 Å². The van der Waals surface area contributed by atoms with E-state index in [-0.39, 0.29) is 17.9 Å². The highest BCUT2D eigenvalue weighted by molar-refractivity contribution is 9.10. The smallest absolute Gasteiger partial charge is 0.287 e. The molecule has 1 fully saturated rings. The molecule has 2 heterocycles. The van der Waals surface area contributed by atoms with Crippen molar-refractivity contribution in [3.05, 3.63) is 52.4 Å². The van der Waals surface area contributed by atoms with E-state index < -0.39 is 0 Å². The van der Waals surface area contributed by atoms with Crippen LogP contribution in [0.15, 0.2) is 45.5 Å². The Balaban J connectivity index is 1.43. The predicted octanol–water partition coefficient (Wildman–Crippen LogP) is 3.18. The van der Waals surface area contributed by atoms with Crippen molar-refractivity contribution in [2.75, 3.05) is 25.0 Å². The normalized spacial score (nSPS) is 15.6. The maximum absolute atomic E-state index is 12.3. The Morgan fingerprint density at radius 3 is 2.54 bits per heavy atom. The van der Waals surface area contributed by atoms with E-state index in [1.807, 2.05) is 37.3 Å². The molecule has 0 aliphatic carbocycles. The monoisotopic (exact) mass is 419 g/mol. The Morgan fingerprint density at radius 2 is 1.92 bits per heavy atom. The van der Waals surface area contributed by atoms with Gasteiger partial charge in [0.25, 0.3) is 5.91 Å². The first kappa shape index (κ1) is 18.7. The summed E-state index contributed by atoms with van der Waals surface area (Å²) in [4.78, 5) is 26.5. The molecule has 1 aliphatic rings. The van der Waals surface area contributed by atoms with Gasteiger partial charge in [-0.25, -0.2) is 0 Å². The summed E-state index contributed by atoms with van der Waals surface area (Å²) in [6.45, 7) is 3.75. The molecule has 2 aromatic rings. The first-order valence-corrected chi connectivity index (χ1v) is 9.44. The van der Waals surface area contributed by atoms with Crippen LogP contribution in [-0.4, -0.2) is 42.4 Å². The molecule has 0 bridgehead atoms. The van der Waals surface area contributed by atoms with Crippen LogP contribution in [0.3, 0.4) is 0 Å². The maximum atomic E-state index is 12.3. The van der Waals surface area contributed by atoms with Gasteiger partial charge in [0.05, 0.1) is 6.54 Å². The number of carbonyl (C=O) groups is 2. The second kappa shape index (κ2) is 8.51. The summed E-state index contributed by atoms with van der Waals surface area (Å²) in [6.07, 6.45) is 1.62. The molecule has 1 aromatic heterocycles. The molecule has 0 spiro atoms. The average molecular weight is 420 g/mol. The molecule has 0 radical (unpaired) electrons. The van der Waals surface area contributed by atoms with E-state index >= 15 is 0 Å². The van der Waals surface area contributed by atoms with Crippen LogP contribution in [0.5, 0.6) is 0 Å². The fourth-order valence-electron chi connectivity index (χ4n) is 3.08. The van der Waals surface area contributed by atoms with Crippen LogP contribution in [0.2, 0.25) is 0 Å². The topological polar surface area (TPSA) is 74.6 Å². The third-order valence-corrected chi connectivity index (χ3v) is 4.83. The number of halogens is 1. The zero-order valence-electron chi connectivity index (χ0n) is 14.6. The Hall–Kier alpha value is -2.12. The highest BCUT2D eigenvalue weighted by Crippen LogP contribution is 2.20. The molecule has 1 saturated heterocycles. The number of carbonyl (C=O) groups excluding carboxylic acids is 2. The van der Waals surface area contributed by atoms with Gasteiger partial charge < -0.3 is 15.1 Å².